The van der Waals surface area contributed by atoms with E-state index in [1.54, 1.807) is 0 Å². The van der Waals surface area contributed by atoms with Crippen LogP contribution in [0, 0.1) is 11.8 Å². The Morgan fingerprint density at radius 2 is 1.67 bits per heavy atom. The van der Waals surface area contributed by atoms with E-state index in [1.807, 2.05) is 0 Å². The van der Waals surface area contributed by atoms with Gasteiger partial charge in [-0.25, -0.2) is 0 Å². The first-order valence-corrected chi connectivity index (χ1v) is 11.1. The number of hydrogen-bond acceptors (Lipinski definition) is 4. The summed E-state index contributed by atoms with van der Waals surface area (Å²) in [5, 5.41) is 0. The first-order chi connectivity index (χ1) is 13.3. The lowest BCUT2D eigenvalue weighted by molar-refractivity contribution is 0.0810. The quantitative estimate of drug-likeness (QED) is 0.763. The second kappa shape index (κ2) is 9.40. The number of nitrogens with zero attached hydrogens (tertiary/aromatic N) is 3. The molecule has 2 saturated heterocycles. The highest BCUT2D eigenvalue weighted by Crippen LogP contribution is 2.36. The number of rotatable bonds is 6. The van der Waals surface area contributed by atoms with Gasteiger partial charge in [0.15, 0.2) is 0 Å². The van der Waals surface area contributed by atoms with E-state index in [-0.39, 0.29) is 0 Å². The van der Waals surface area contributed by atoms with Gasteiger partial charge < -0.3 is 9.64 Å². The van der Waals surface area contributed by atoms with Crippen molar-refractivity contribution in [2.75, 3.05) is 59.5 Å². The summed E-state index contributed by atoms with van der Waals surface area (Å²) >= 11 is 0. The van der Waals surface area contributed by atoms with Crippen molar-refractivity contribution in [3.63, 3.8) is 0 Å². The van der Waals surface area contributed by atoms with Gasteiger partial charge >= 0.3 is 0 Å². The standard InChI is InChI=1S/C23H37N3O/c1-24-12-14-25(15-13-24)16-17-27-23-9-5-4-8-22(23)19-26-11-10-20-6-2-3-7-21(20)18-26/h4-5,8-9,20-21H,2-3,6-7,10-19H2,1H3/t20-,21-/m0/s1. The second-order valence-corrected chi connectivity index (χ2v) is 8.93. The maximum absolute atomic E-state index is 6.23. The highest BCUT2D eigenvalue weighted by atomic mass is 16.5. The monoisotopic (exact) mass is 371 g/mol. The van der Waals surface area contributed by atoms with E-state index in [9.17, 15) is 0 Å². The van der Waals surface area contributed by atoms with Crippen molar-refractivity contribution in [2.45, 2.75) is 38.6 Å². The van der Waals surface area contributed by atoms with Crippen LogP contribution in [0.1, 0.15) is 37.7 Å². The number of piperazine rings is 1. The Labute approximate surface area is 165 Å². The van der Waals surface area contributed by atoms with E-state index in [1.165, 1.54) is 63.8 Å². The third-order valence-corrected chi connectivity index (χ3v) is 7.00. The van der Waals surface area contributed by atoms with E-state index in [0.717, 1.165) is 50.4 Å². The molecule has 1 saturated carbocycles. The van der Waals surface area contributed by atoms with E-state index in [4.69, 9.17) is 4.74 Å². The molecule has 1 aliphatic carbocycles. The third-order valence-electron chi connectivity index (χ3n) is 7.00. The lowest BCUT2D eigenvalue weighted by Gasteiger charge is -2.41. The highest BCUT2D eigenvalue weighted by molar-refractivity contribution is 5.33. The molecule has 27 heavy (non-hydrogen) atoms. The molecule has 150 valence electrons. The number of para-hydroxylation sites is 1. The molecule has 0 radical (unpaired) electrons. The van der Waals surface area contributed by atoms with E-state index in [0.29, 0.717) is 0 Å². The number of piperidine rings is 1. The smallest absolute Gasteiger partial charge is 0.123 e. The molecule has 2 aliphatic heterocycles. The maximum atomic E-state index is 6.23. The first-order valence-electron chi connectivity index (χ1n) is 11.1. The van der Waals surface area contributed by atoms with Gasteiger partial charge in [-0.2, -0.15) is 0 Å². The second-order valence-electron chi connectivity index (χ2n) is 8.93. The largest absolute Gasteiger partial charge is 0.492 e. The van der Waals surface area contributed by atoms with Gasteiger partial charge in [0.1, 0.15) is 12.4 Å². The van der Waals surface area contributed by atoms with Crippen LogP contribution in [0.15, 0.2) is 24.3 Å². The molecule has 0 aromatic heterocycles. The summed E-state index contributed by atoms with van der Waals surface area (Å²) in [6.07, 6.45) is 7.23. The van der Waals surface area contributed by atoms with Gasteiger partial charge in [0.25, 0.3) is 0 Å². The number of likely N-dealkylation sites (tertiary alicyclic amines) is 1. The van der Waals surface area contributed by atoms with Crippen molar-refractivity contribution in [1.29, 1.82) is 0 Å². The maximum Gasteiger partial charge on any atom is 0.123 e. The number of ether oxygens (including phenoxy) is 1. The van der Waals surface area contributed by atoms with E-state index < -0.39 is 0 Å². The van der Waals surface area contributed by atoms with E-state index >= 15 is 0 Å². The lowest BCUT2D eigenvalue weighted by Crippen LogP contribution is -2.45. The van der Waals surface area contributed by atoms with Gasteiger partial charge in [-0.3, -0.25) is 9.80 Å². The molecule has 0 bridgehead atoms. The minimum absolute atomic E-state index is 0.797. The minimum atomic E-state index is 0.797. The van der Waals surface area contributed by atoms with Crippen molar-refractivity contribution in [2.24, 2.45) is 11.8 Å². The fourth-order valence-electron chi connectivity index (χ4n) is 5.19. The van der Waals surface area contributed by atoms with Crippen LogP contribution in [-0.4, -0.2) is 74.2 Å². The number of benzene rings is 1. The number of hydrogen-bond donors (Lipinski definition) is 0. The Morgan fingerprint density at radius 1 is 0.889 bits per heavy atom. The molecule has 1 aromatic rings. The average molecular weight is 372 g/mol. The van der Waals surface area contributed by atoms with Crippen molar-refractivity contribution in [1.82, 2.24) is 14.7 Å². The highest BCUT2D eigenvalue weighted by Gasteiger charge is 2.31. The van der Waals surface area contributed by atoms with Crippen LogP contribution in [0.4, 0.5) is 0 Å². The van der Waals surface area contributed by atoms with Crippen LogP contribution in [-0.2, 0) is 6.54 Å². The Bertz CT molecular complexity index is 585. The minimum Gasteiger partial charge on any atom is -0.492 e. The summed E-state index contributed by atoms with van der Waals surface area (Å²) in [6.45, 7) is 10.1. The fourth-order valence-corrected chi connectivity index (χ4v) is 5.19. The Balaban J connectivity index is 1.27. The van der Waals surface area contributed by atoms with Crippen molar-refractivity contribution < 1.29 is 4.74 Å². The van der Waals surface area contributed by atoms with Gasteiger partial charge in [0, 0.05) is 51.4 Å². The molecule has 4 rings (SSSR count). The van der Waals surface area contributed by atoms with Crippen molar-refractivity contribution in [3.05, 3.63) is 29.8 Å². The normalized spacial score (nSPS) is 28.0. The zero-order valence-corrected chi connectivity index (χ0v) is 17.1. The molecule has 4 heteroatoms. The Hall–Kier alpha value is -1.10. The summed E-state index contributed by atoms with van der Waals surface area (Å²) in [7, 11) is 2.21. The molecule has 2 atom stereocenters. The topological polar surface area (TPSA) is 19.0 Å². The summed E-state index contributed by atoms with van der Waals surface area (Å²) in [6, 6.07) is 8.70. The number of fused-ring (bicyclic) bond motifs is 1. The van der Waals surface area contributed by atoms with Gasteiger partial charge in [-0.1, -0.05) is 37.5 Å². The molecule has 0 unspecified atom stereocenters. The fraction of sp³-hybridized carbons (Fsp3) is 0.739. The molecule has 0 amide bonds. The van der Waals surface area contributed by atoms with Gasteiger partial charge in [-0.15, -0.1) is 0 Å². The van der Waals surface area contributed by atoms with Crippen LogP contribution < -0.4 is 4.74 Å². The zero-order chi connectivity index (χ0) is 18.5. The Morgan fingerprint density at radius 3 is 2.52 bits per heavy atom. The molecule has 0 N–H and O–H groups in total. The average Bonchev–Trinajstić information content (AvgIpc) is 2.71. The molecular weight excluding hydrogens is 334 g/mol. The van der Waals surface area contributed by atoms with Crippen LogP contribution in [0.3, 0.4) is 0 Å². The lowest BCUT2D eigenvalue weighted by atomic mass is 9.75. The predicted molar refractivity (Wildman–Crippen MR) is 111 cm³/mol. The summed E-state index contributed by atoms with van der Waals surface area (Å²) in [4.78, 5) is 7.60. The molecule has 4 nitrogen and oxygen atoms in total. The summed E-state index contributed by atoms with van der Waals surface area (Å²) < 4.78 is 6.23. The van der Waals surface area contributed by atoms with Crippen LogP contribution >= 0.6 is 0 Å². The first kappa shape index (κ1) is 19.2. The predicted octanol–water partition coefficient (Wildman–Crippen LogP) is 3.32. The number of likely N-dealkylation sites (N-methyl/N-ethyl adjacent to an activating group) is 1. The van der Waals surface area contributed by atoms with E-state index in [2.05, 4.69) is 46.0 Å². The van der Waals surface area contributed by atoms with Crippen LogP contribution in [0.5, 0.6) is 5.75 Å². The molecular formula is C23H37N3O. The zero-order valence-electron chi connectivity index (χ0n) is 17.1. The molecule has 2 heterocycles. The molecule has 1 aromatic carbocycles. The summed E-state index contributed by atoms with van der Waals surface area (Å²) in [5.74, 6) is 3.04. The van der Waals surface area contributed by atoms with Crippen molar-refractivity contribution >= 4 is 0 Å². The SMILES string of the molecule is CN1CCN(CCOc2ccccc2CN2CC[C@@H]3CCCC[C@H]3C2)CC1. The molecule has 3 fully saturated rings. The van der Waals surface area contributed by atoms with Gasteiger partial charge in [0.2, 0.25) is 0 Å². The van der Waals surface area contributed by atoms with Crippen LogP contribution in [0.2, 0.25) is 0 Å². The summed E-state index contributed by atoms with van der Waals surface area (Å²) in [5.41, 5.74) is 1.37. The van der Waals surface area contributed by atoms with Crippen molar-refractivity contribution in [3.8, 4) is 5.75 Å². The molecule has 0 spiro atoms. The molecule has 3 aliphatic rings. The third kappa shape index (κ3) is 5.24. The van der Waals surface area contributed by atoms with Crippen LogP contribution in [0.25, 0.3) is 0 Å². The van der Waals surface area contributed by atoms with Gasteiger partial charge in [-0.05, 0) is 44.3 Å². The van der Waals surface area contributed by atoms with Gasteiger partial charge in [0.05, 0.1) is 0 Å². The Kier molecular flexibility index (Phi) is 6.69.